The molecule has 0 spiro atoms. The van der Waals surface area contributed by atoms with Crippen molar-refractivity contribution in [2.24, 2.45) is 5.84 Å². The Labute approximate surface area is 108 Å². The van der Waals surface area contributed by atoms with Gasteiger partial charge < -0.3 is 10.1 Å². The van der Waals surface area contributed by atoms with Crippen molar-refractivity contribution < 1.29 is 8.95 Å². The highest BCUT2D eigenvalue weighted by Gasteiger charge is 2.08. The number of hydrogen-bond acceptors (Lipinski definition) is 8. The maximum Gasteiger partial charge on any atom is 0.322 e. The van der Waals surface area contributed by atoms with Gasteiger partial charge in [0.25, 0.3) is 0 Å². The van der Waals surface area contributed by atoms with Crippen LogP contribution in [0.25, 0.3) is 0 Å². The average Bonchev–Trinajstić information content (AvgIpc) is 2.37. The highest BCUT2D eigenvalue weighted by atomic mass is 32.2. The van der Waals surface area contributed by atoms with Crippen LogP contribution in [0.2, 0.25) is 0 Å². The van der Waals surface area contributed by atoms with Gasteiger partial charge in [-0.25, -0.2) is 5.84 Å². The molecule has 1 aromatic rings. The molecule has 0 aliphatic heterocycles. The molecule has 0 bridgehead atoms. The summed E-state index contributed by atoms with van der Waals surface area (Å²) in [5.74, 6) is 5.82. The summed E-state index contributed by atoms with van der Waals surface area (Å²) in [5, 5.41) is 3.13. The summed E-state index contributed by atoms with van der Waals surface area (Å²) in [6.07, 6.45) is 2.44. The number of nitrogens with two attached hydrogens (primary N) is 1. The number of methoxy groups -OCH3 is 1. The molecule has 2 unspecified atom stereocenters. The predicted molar refractivity (Wildman–Crippen MR) is 70.8 cm³/mol. The van der Waals surface area contributed by atoms with Crippen LogP contribution < -0.4 is 21.3 Å². The number of anilines is 2. The van der Waals surface area contributed by atoms with Crippen molar-refractivity contribution in [2.45, 2.75) is 18.6 Å². The van der Waals surface area contributed by atoms with Gasteiger partial charge >= 0.3 is 6.01 Å². The van der Waals surface area contributed by atoms with Gasteiger partial charge in [0.05, 0.1) is 7.11 Å². The number of aromatic nitrogens is 3. The van der Waals surface area contributed by atoms with E-state index in [0.29, 0.717) is 12.5 Å². The van der Waals surface area contributed by atoms with Crippen LogP contribution in [0.3, 0.4) is 0 Å². The second-order valence-electron chi connectivity index (χ2n) is 3.64. The first-order valence-corrected chi connectivity index (χ1v) is 7.01. The van der Waals surface area contributed by atoms with E-state index in [0.717, 1.165) is 6.42 Å². The summed E-state index contributed by atoms with van der Waals surface area (Å²) in [7, 11) is 0.630. The van der Waals surface area contributed by atoms with Gasteiger partial charge in [-0.2, -0.15) is 15.0 Å². The largest absolute Gasteiger partial charge is 0.467 e. The molecule has 102 valence electrons. The third-order valence-corrected chi connectivity index (χ3v) is 3.70. The molecule has 0 radical (unpaired) electrons. The lowest BCUT2D eigenvalue weighted by Gasteiger charge is -2.10. The lowest BCUT2D eigenvalue weighted by molar-refractivity contribution is 0.379. The molecule has 1 rings (SSSR count). The van der Waals surface area contributed by atoms with Crippen LogP contribution in [0.1, 0.15) is 13.3 Å². The molecule has 1 aromatic heterocycles. The Balaban J connectivity index is 2.58. The molecule has 0 fully saturated rings. The van der Waals surface area contributed by atoms with Crippen molar-refractivity contribution in [1.29, 1.82) is 0 Å². The normalized spacial score (nSPS) is 13.8. The van der Waals surface area contributed by atoms with Crippen LogP contribution >= 0.6 is 0 Å². The number of nitrogens with zero attached hydrogens (tertiary/aromatic N) is 3. The molecule has 0 saturated carbocycles. The van der Waals surface area contributed by atoms with E-state index in [2.05, 4.69) is 25.7 Å². The van der Waals surface area contributed by atoms with Crippen molar-refractivity contribution in [3.63, 3.8) is 0 Å². The van der Waals surface area contributed by atoms with E-state index in [4.69, 9.17) is 10.6 Å². The van der Waals surface area contributed by atoms with Gasteiger partial charge in [0.1, 0.15) is 0 Å². The van der Waals surface area contributed by atoms with Gasteiger partial charge in [-0.3, -0.25) is 9.63 Å². The quantitative estimate of drug-likeness (QED) is 0.460. The van der Waals surface area contributed by atoms with Gasteiger partial charge in [-0.05, 0) is 6.42 Å². The standard InChI is InChI=1S/C9H18N6O2S/c1-6(18(3)16)4-5-11-7-12-8(15-10)14-9(13-7)17-2/h6H,4-5,10H2,1-3H3,(H2,11,12,13,14,15). The highest BCUT2D eigenvalue weighted by Crippen LogP contribution is 2.10. The van der Waals surface area contributed by atoms with E-state index in [1.54, 1.807) is 6.26 Å². The van der Waals surface area contributed by atoms with E-state index < -0.39 is 10.8 Å². The predicted octanol–water partition coefficient (Wildman–Crippen LogP) is -0.265. The minimum atomic E-state index is -0.830. The lowest BCUT2D eigenvalue weighted by Crippen LogP contribution is -2.17. The number of nitrogens with one attached hydrogen (secondary N) is 2. The Morgan fingerprint density at radius 3 is 2.61 bits per heavy atom. The summed E-state index contributed by atoms with van der Waals surface area (Å²) >= 11 is 0. The highest BCUT2D eigenvalue weighted by molar-refractivity contribution is 7.84. The first-order chi connectivity index (χ1) is 8.56. The molecular formula is C9H18N6O2S. The fourth-order valence-corrected chi connectivity index (χ4v) is 1.59. The molecule has 4 N–H and O–H groups in total. The van der Waals surface area contributed by atoms with Crippen LogP contribution in [-0.4, -0.2) is 44.3 Å². The van der Waals surface area contributed by atoms with E-state index in [9.17, 15) is 4.21 Å². The fourth-order valence-electron chi connectivity index (χ4n) is 1.14. The van der Waals surface area contributed by atoms with Crippen LogP contribution in [0.5, 0.6) is 6.01 Å². The SMILES string of the molecule is COc1nc(NN)nc(NCCC(C)S(C)=O)n1. The van der Waals surface area contributed by atoms with Crippen LogP contribution in [0.15, 0.2) is 0 Å². The summed E-state index contributed by atoms with van der Waals surface area (Å²) in [6.45, 7) is 2.54. The average molecular weight is 274 g/mol. The molecule has 0 aliphatic rings. The van der Waals surface area contributed by atoms with Crippen molar-refractivity contribution >= 4 is 22.7 Å². The van der Waals surface area contributed by atoms with Gasteiger partial charge in [0.2, 0.25) is 11.9 Å². The number of nitrogen functional groups attached to an aromatic ring is 1. The van der Waals surface area contributed by atoms with Crippen LogP contribution in [0, 0.1) is 0 Å². The zero-order chi connectivity index (χ0) is 13.5. The fraction of sp³-hybridized carbons (Fsp3) is 0.667. The molecule has 0 saturated heterocycles. The summed E-state index contributed by atoms with van der Waals surface area (Å²) in [6, 6.07) is 0.174. The maximum atomic E-state index is 11.2. The first-order valence-electron chi connectivity index (χ1n) is 5.39. The van der Waals surface area contributed by atoms with Crippen molar-refractivity contribution in [2.75, 3.05) is 30.7 Å². The second-order valence-corrected chi connectivity index (χ2v) is 5.44. The minimum absolute atomic E-state index is 0.119. The Bertz CT molecular complexity index is 394. The van der Waals surface area contributed by atoms with Crippen LogP contribution in [0.4, 0.5) is 11.9 Å². The molecule has 18 heavy (non-hydrogen) atoms. The topological polar surface area (TPSA) is 115 Å². The van der Waals surface area contributed by atoms with Gasteiger partial charge in [-0.15, -0.1) is 0 Å². The Kier molecular flexibility index (Phi) is 5.72. The first kappa shape index (κ1) is 14.6. The zero-order valence-electron chi connectivity index (χ0n) is 10.6. The van der Waals surface area contributed by atoms with Gasteiger partial charge in [0, 0.05) is 28.9 Å². The minimum Gasteiger partial charge on any atom is -0.467 e. The smallest absolute Gasteiger partial charge is 0.322 e. The summed E-state index contributed by atoms with van der Waals surface area (Å²) in [4.78, 5) is 11.9. The van der Waals surface area contributed by atoms with E-state index in [1.165, 1.54) is 7.11 Å². The van der Waals surface area contributed by atoms with Gasteiger partial charge in [0.15, 0.2) is 0 Å². The lowest BCUT2D eigenvalue weighted by atomic mass is 10.3. The third-order valence-electron chi connectivity index (χ3n) is 2.33. The van der Waals surface area contributed by atoms with E-state index in [1.807, 2.05) is 6.92 Å². The van der Waals surface area contributed by atoms with Crippen LogP contribution in [-0.2, 0) is 10.8 Å². The van der Waals surface area contributed by atoms with Gasteiger partial charge in [-0.1, -0.05) is 6.92 Å². The zero-order valence-corrected chi connectivity index (χ0v) is 11.5. The molecular weight excluding hydrogens is 256 g/mol. The molecule has 0 aromatic carbocycles. The Hall–Kier alpha value is -1.48. The number of ether oxygens (including phenoxy) is 1. The molecule has 0 aliphatic carbocycles. The third kappa shape index (κ3) is 4.41. The van der Waals surface area contributed by atoms with Crippen molar-refractivity contribution in [3.05, 3.63) is 0 Å². The Morgan fingerprint density at radius 1 is 1.39 bits per heavy atom. The summed E-state index contributed by atoms with van der Waals surface area (Å²) < 4.78 is 16.1. The monoisotopic (exact) mass is 274 g/mol. The molecule has 1 heterocycles. The van der Waals surface area contributed by atoms with E-state index >= 15 is 0 Å². The number of hydrogen-bond donors (Lipinski definition) is 3. The molecule has 9 heteroatoms. The van der Waals surface area contributed by atoms with E-state index in [-0.39, 0.29) is 17.2 Å². The van der Waals surface area contributed by atoms with Crippen molar-refractivity contribution in [1.82, 2.24) is 15.0 Å². The summed E-state index contributed by atoms with van der Waals surface area (Å²) in [5.41, 5.74) is 2.33. The number of hydrazine groups is 1. The molecule has 8 nitrogen and oxygen atoms in total. The van der Waals surface area contributed by atoms with Crippen molar-refractivity contribution in [3.8, 4) is 6.01 Å². The second kappa shape index (κ2) is 7.07. The maximum absolute atomic E-state index is 11.2. The molecule has 0 amide bonds. The number of rotatable bonds is 7. The Morgan fingerprint density at radius 2 is 2.06 bits per heavy atom. The molecule has 2 atom stereocenters.